The molecule has 0 heterocycles. The summed E-state index contributed by atoms with van der Waals surface area (Å²) in [4.78, 5) is 0. The molecule has 3 atom stereocenters. The summed E-state index contributed by atoms with van der Waals surface area (Å²) in [6.45, 7) is 9.32. The van der Waals surface area contributed by atoms with E-state index >= 15 is 0 Å². The number of aryl methyl sites for hydroxylation is 2. The van der Waals surface area contributed by atoms with Crippen LogP contribution in [0.2, 0.25) is 0 Å². The predicted molar refractivity (Wildman–Crippen MR) is 74.5 cm³/mol. The lowest BCUT2D eigenvalue weighted by atomic mass is 9.66. The van der Waals surface area contributed by atoms with Crippen LogP contribution in [0.4, 0.5) is 4.39 Å². The van der Waals surface area contributed by atoms with Gasteiger partial charge in [-0.2, -0.15) is 0 Å². The van der Waals surface area contributed by atoms with Crippen molar-refractivity contribution in [2.24, 2.45) is 5.92 Å². The Balaban J connectivity index is 2.06. The SMILES string of the molecule is CCCNC1CC(c2cc(C)c(F)c(C)c2)C1C. The molecule has 18 heavy (non-hydrogen) atoms. The van der Waals surface area contributed by atoms with Gasteiger partial charge in [-0.05, 0) is 61.8 Å². The Kier molecular flexibility index (Phi) is 4.06. The fraction of sp³-hybridized carbons (Fsp3) is 0.625. The molecule has 1 nitrogen and oxygen atoms in total. The Morgan fingerprint density at radius 1 is 1.28 bits per heavy atom. The maximum absolute atomic E-state index is 13.6. The van der Waals surface area contributed by atoms with E-state index in [1.807, 2.05) is 26.0 Å². The van der Waals surface area contributed by atoms with E-state index in [0.29, 0.717) is 17.9 Å². The average Bonchev–Trinajstić information content (AvgIpc) is 2.34. The summed E-state index contributed by atoms with van der Waals surface area (Å²) in [5.74, 6) is 1.20. The minimum Gasteiger partial charge on any atom is -0.314 e. The maximum atomic E-state index is 13.6. The summed E-state index contributed by atoms with van der Waals surface area (Å²) in [5.41, 5.74) is 2.87. The van der Waals surface area contributed by atoms with E-state index in [0.717, 1.165) is 17.7 Å². The molecule has 1 saturated carbocycles. The van der Waals surface area contributed by atoms with Crippen LogP contribution in [-0.2, 0) is 0 Å². The molecule has 1 N–H and O–H groups in total. The molecule has 1 fully saturated rings. The summed E-state index contributed by atoms with van der Waals surface area (Å²) < 4.78 is 13.6. The molecule has 0 saturated heterocycles. The maximum Gasteiger partial charge on any atom is 0.129 e. The van der Waals surface area contributed by atoms with Crippen LogP contribution >= 0.6 is 0 Å². The molecule has 2 rings (SSSR count). The molecule has 3 unspecified atom stereocenters. The fourth-order valence-electron chi connectivity index (χ4n) is 3.02. The lowest BCUT2D eigenvalue weighted by molar-refractivity contribution is 0.184. The Bertz CT molecular complexity index is 404. The zero-order chi connectivity index (χ0) is 13.3. The summed E-state index contributed by atoms with van der Waals surface area (Å²) in [7, 11) is 0. The van der Waals surface area contributed by atoms with Crippen molar-refractivity contribution in [1.29, 1.82) is 0 Å². The highest BCUT2D eigenvalue weighted by molar-refractivity contribution is 5.34. The minimum atomic E-state index is -0.0496. The van der Waals surface area contributed by atoms with Gasteiger partial charge in [0, 0.05) is 6.04 Å². The summed E-state index contributed by atoms with van der Waals surface area (Å²) >= 11 is 0. The van der Waals surface area contributed by atoms with Crippen LogP contribution in [-0.4, -0.2) is 12.6 Å². The van der Waals surface area contributed by atoms with Gasteiger partial charge < -0.3 is 5.32 Å². The molecule has 0 aromatic heterocycles. The topological polar surface area (TPSA) is 12.0 Å². The van der Waals surface area contributed by atoms with Gasteiger partial charge in [0.25, 0.3) is 0 Å². The molecule has 0 bridgehead atoms. The van der Waals surface area contributed by atoms with Gasteiger partial charge >= 0.3 is 0 Å². The Labute approximate surface area is 110 Å². The zero-order valence-corrected chi connectivity index (χ0v) is 11.9. The second-order valence-corrected chi connectivity index (χ2v) is 5.73. The van der Waals surface area contributed by atoms with E-state index in [2.05, 4.69) is 19.2 Å². The molecule has 0 amide bonds. The molecule has 1 aliphatic carbocycles. The van der Waals surface area contributed by atoms with Gasteiger partial charge in [-0.25, -0.2) is 4.39 Å². The average molecular weight is 249 g/mol. The first kappa shape index (κ1) is 13.5. The monoisotopic (exact) mass is 249 g/mol. The number of halogens is 1. The largest absolute Gasteiger partial charge is 0.314 e. The molecule has 1 aromatic carbocycles. The van der Waals surface area contributed by atoms with Crippen molar-refractivity contribution in [2.45, 2.75) is 52.5 Å². The smallest absolute Gasteiger partial charge is 0.129 e. The molecule has 1 aromatic rings. The highest BCUT2D eigenvalue weighted by Crippen LogP contribution is 2.43. The number of hydrogen-bond acceptors (Lipinski definition) is 1. The van der Waals surface area contributed by atoms with Gasteiger partial charge in [-0.15, -0.1) is 0 Å². The second-order valence-electron chi connectivity index (χ2n) is 5.73. The molecular formula is C16H24FN. The van der Waals surface area contributed by atoms with E-state index in [4.69, 9.17) is 0 Å². The Hall–Kier alpha value is -0.890. The van der Waals surface area contributed by atoms with Crippen LogP contribution in [0.3, 0.4) is 0 Å². The van der Waals surface area contributed by atoms with Crippen molar-refractivity contribution in [1.82, 2.24) is 5.32 Å². The van der Waals surface area contributed by atoms with Gasteiger partial charge in [0.2, 0.25) is 0 Å². The highest BCUT2D eigenvalue weighted by Gasteiger charge is 2.38. The van der Waals surface area contributed by atoms with Gasteiger partial charge in [0.1, 0.15) is 5.82 Å². The number of benzene rings is 1. The van der Waals surface area contributed by atoms with Crippen LogP contribution in [0, 0.1) is 25.6 Å². The van der Waals surface area contributed by atoms with Gasteiger partial charge in [0.15, 0.2) is 0 Å². The molecule has 100 valence electrons. The van der Waals surface area contributed by atoms with Crippen molar-refractivity contribution in [2.75, 3.05) is 6.54 Å². The van der Waals surface area contributed by atoms with Crippen molar-refractivity contribution in [3.63, 3.8) is 0 Å². The third-order valence-electron chi connectivity index (χ3n) is 4.32. The third kappa shape index (κ3) is 2.44. The lowest BCUT2D eigenvalue weighted by Crippen LogP contribution is -2.48. The van der Waals surface area contributed by atoms with Crippen molar-refractivity contribution in [3.8, 4) is 0 Å². The first-order valence-corrected chi connectivity index (χ1v) is 7.04. The van der Waals surface area contributed by atoms with Crippen LogP contribution in [0.25, 0.3) is 0 Å². The first-order chi connectivity index (χ1) is 8.54. The lowest BCUT2D eigenvalue weighted by Gasteiger charge is -2.44. The highest BCUT2D eigenvalue weighted by atomic mass is 19.1. The fourth-order valence-corrected chi connectivity index (χ4v) is 3.02. The van der Waals surface area contributed by atoms with Crippen LogP contribution < -0.4 is 5.32 Å². The molecule has 0 radical (unpaired) electrons. The number of hydrogen-bond donors (Lipinski definition) is 1. The quantitative estimate of drug-likeness (QED) is 0.852. The van der Waals surface area contributed by atoms with E-state index in [9.17, 15) is 4.39 Å². The van der Waals surface area contributed by atoms with E-state index in [1.54, 1.807) is 0 Å². The summed E-state index contributed by atoms with van der Waals surface area (Å²) in [6.07, 6.45) is 2.37. The molecular weight excluding hydrogens is 225 g/mol. The van der Waals surface area contributed by atoms with Crippen molar-refractivity contribution < 1.29 is 4.39 Å². The summed E-state index contributed by atoms with van der Waals surface area (Å²) in [5, 5.41) is 3.58. The second kappa shape index (κ2) is 5.40. The van der Waals surface area contributed by atoms with Gasteiger partial charge in [-0.1, -0.05) is 26.0 Å². The molecule has 0 spiro atoms. The first-order valence-electron chi connectivity index (χ1n) is 7.04. The van der Waals surface area contributed by atoms with Gasteiger partial charge in [-0.3, -0.25) is 0 Å². The van der Waals surface area contributed by atoms with E-state index in [-0.39, 0.29) is 5.82 Å². The minimum absolute atomic E-state index is 0.0496. The van der Waals surface area contributed by atoms with Crippen LogP contribution in [0.15, 0.2) is 12.1 Å². The number of rotatable bonds is 4. The number of nitrogens with one attached hydrogen (secondary N) is 1. The zero-order valence-electron chi connectivity index (χ0n) is 11.9. The third-order valence-corrected chi connectivity index (χ3v) is 4.32. The Morgan fingerprint density at radius 3 is 2.39 bits per heavy atom. The van der Waals surface area contributed by atoms with Crippen molar-refractivity contribution in [3.05, 3.63) is 34.6 Å². The van der Waals surface area contributed by atoms with Crippen LogP contribution in [0.1, 0.15) is 49.3 Å². The van der Waals surface area contributed by atoms with E-state index in [1.165, 1.54) is 18.4 Å². The van der Waals surface area contributed by atoms with Crippen LogP contribution in [0.5, 0.6) is 0 Å². The molecule has 1 aliphatic rings. The summed E-state index contributed by atoms with van der Waals surface area (Å²) in [6, 6.07) is 4.69. The standard InChI is InChI=1S/C16H24FN/c1-5-6-18-15-9-14(12(15)4)13-7-10(2)16(17)11(3)8-13/h7-8,12,14-15,18H,5-6,9H2,1-4H3. The molecule has 0 aliphatic heterocycles. The van der Waals surface area contributed by atoms with E-state index < -0.39 is 0 Å². The normalized spacial score (nSPS) is 27.1. The predicted octanol–water partition coefficient (Wildman–Crippen LogP) is 3.93. The van der Waals surface area contributed by atoms with Crippen molar-refractivity contribution >= 4 is 0 Å². The Morgan fingerprint density at radius 2 is 1.89 bits per heavy atom. The van der Waals surface area contributed by atoms with Gasteiger partial charge in [0.05, 0.1) is 0 Å². The molecule has 2 heteroatoms.